The minimum absolute atomic E-state index is 0.208. The second-order valence-electron chi connectivity index (χ2n) is 5.61. The summed E-state index contributed by atoms with van der Waals surface area (Å²) in [4.78, 5) is 0. The van der Waals surface area contributed by atoms with Gasteiger partial charge in [0.1, 0.15) is 5.82 Å². The molecule has 4 heteroatoms. The monoisotopic (exact) mass is 308 g/mol. The summed E-state index contributed by atoms with van der Waals surface area (Å²) in [5, 5.41) is 3.70. The smallest absolute Gasteiger partial charge is 0.142 e. The Morgan fingerprint density at radius 2 is 2.05 bits per heavy atom. The zero-order valence-electron chi connectivity index (χ0n) is 12.7. The molecule has 21 heavy (non-hydrogen) atoms. The van der Waals surface area contributed by atoms with E-state index in [1.165, 1.54) is 11.6 Å². The van der Waals surface area contributed by atoms with Gasteiger partial charge < -0.3 is 9.88 Å². The van der Waals surface area contributed by atoms with Crippen molar-refractivity contribution in [1.29, 1.82) is 0 Å². The normalized spacial score (nSPS) is 12.9. The molecule has 0 fully saturated rings. The second-order valence-corrected chi connectivity index (χ2v) is 5.99. The van der Waals surface area contributed by atoms with Crippen molar-refractivity contribution in [2.24, 2.45) is 5.92 Å². The molecule has 0 bridgehead atoms. The maximum absolute atomic E-state index is 13.5. The van der Waals surface area contributed by atoms with Crippen molar-refractivity contribution in [2.75, 3.05) is 6.54 Å². The lowest BCUT2D eigenvalue weighted by Crippen LogP contribution is -2.25. The first-order chi connectivity index (χ1) is 10.0. The largest absolute Gasteiger partial charge is 0.350 e. The van der Waals surface area contributed by atoms with Gasteiger partial charge in [0.25, 0.3) is 0 Å². The van der Waals surface area contributed by atoms with Gasteiger partial charge in [-0.1, -0.05) is 44.5 Å². The second kappa shape index (κ2) is 7.10. The third kappa shape index (κ3) is 3.86. The summed E-state index contributed by atoms with van der Waals surface area (Å²) in [7, 11) is 0. The van der Waals surface area contributed by atoms with Gasteiger partial charge in [-0.15, -0.1) is 0 Å². The summed E-state index contributed by atoms with van der Waals surface area (Å²) in [6.07, 6.45) is 4.12. The molecule has 0 aliphatic carbocycles. The van der Waals surface area contributed by atoms with Crippen LogP contribution in [0, 0.1) is 11.7 Å². The molecule has 2 aromatic rings. The summed E-state index contributed by atoms with van der Waals surface area (Å²) < 4.78 is 15.5. The first kappa shape index (κ1) is 16.1. The fourth-order valence-electron chi connectivity index (χ4n) is 2.57. The Kier molecular flexibility index (Phi) is 5.43. The van der Waals surface area contributed by atoms with Gasteiger partial charge in [0.2, 0.25) is 0 Å². The minimum Gasteiger partial charge on any atom is -0.350 e. The molecule has 0 saturated carbocycles. The fourth-order valence-corrected chi connectivity index (χ4v) is 2.75. The van der Waals surface area contributed by atoms with Crippen LogP contribution in [0.3, 0.4) is 0 Å². The quantitative estimate of drug-likeness (QED) is 0.823. The van der Waals surface area contributed by atoms with Crippen LogP contribution < -0.4 is 5.32 Å². The maximum atomic E-state index is 13.5. The lowest BCUT2D eigenvalue weighted by Gasteiger charge is -2.20. The van der Waals surface area contributed by atoms with Gasteiger partial charge in [0.05, 0.1) is 5.02 Å². The van der Waals surface area contributed by atoms with Gasteiger partial charge in [-0.3, -0.25) is 0 Å². The van der Waals surface area contributed by atoms with E-state index >= 15 is 0 Å². The van der Waals surface area contributed by atoms with Crippen LogP contribution >= 0.6 is 11.6 Å². The number of halogens is 2. The van der Waals surface area contributed by atoms with Gasteiger partial charge in [-0.05, 0) is 35.7 Å². The first-order valence-electron chi connectivity index (χ1n) is 7.34. The third-order valence-electron chi connectivity index (χ3n) is 3.61. The molecule has 1 aromatic carbocycles. The van der Waals surface area contributed by atoms with E-state index in [0.717, 1.165) is 12.1 Å². The Bertz CT molecular complexity index is 592. The SMILES string of the molecule is CCNC(c1ccn(Cc2cccc(F)c2Cl)c1)C(C)C. The molecule has 1 unspecified atom stereocenters. The van der Waals surface area contributed by atoms with Gasteiger partial charge in [-0.25, -0.2) is 4.39 Å². The number of hydrogen-bond acceptors (Lipinski definition) is 1. The van der Waals surface area contributed by atoms with E-state index < -0.39 is 0 Å². The Morgan fingerprint density at radius 1 is 1.29 bits per heavy atom. The summed E-state index contributed by atoms with van der Waals surface area (Å²) in [6, 6.07) is 7.37. The standard InChI is InChI=1S/C17H22ClFN2/c1-4-20-17(12(2)3)14-8-9-21(11-14)10-13-6-5-7-15(19)16(13)18/h5-9,11-12,17,20H,4,10H2,1-3H3. The molecule has 2 rings (SSSR count). The molecule has 0 aliphatic rings. The van der Waals surface area contributed by atoms with E-state index in [1.807, 2.05) is 16.8 Å². The lowest BCUT2D eigenvalue weighted by atomic mass is 9.98. The highest BCUT2D eigenvalue weighted by atomic mass is 35.5. The summed E-state index contributed by atoms with van der Waals surface area (Å²) in [5.41, 5.74) is 2.04. The van der Waals surface area contributed by atoms with Crippen molar-refractivity contribution < 1.29 is 4.39 Å². The van der Waals surface area contributed by atoms with E-state index in [2.05, 4.69) is 38.4 Å². The zero-order chi connectivity index (χ0) is 15.4. The van der Waals surface area contributed by atoms with Crippen LogP contribution in [0.25, 0.3) is 0 Å². The molecule has 1 aromatic heterocycles. The van der Waals surface area contributed by atoms with E-state index in [4.69, 9.17) is 11.6 Å². The van der Waals surface area contributed by atoms with Crippen molar-refractivity contribution in [3.05, 3.63) is 58.6 Å². The van der Waals surface area contributed by atoms with E-state index in [1.54, 1.807) is 6.07 Å². The molecule has 1 heterocycles. The molecule has 1 N–H and O–H groups in total. The molecule has 0 aliphatic heterocycles. The average molecular weight is 309 g/mol. The summed E-state index contributed by atoms with van der Waals surface area (Å²) in [6.45, 7) is 8.03. The highest BCUT2D eigenvalue weighted by Gasteiger charge is 2.15. The lowest BCUT2D eigenvalue weighted by molar-refractivity contribution is 0.421. The number of benzene rings is 1. The van der Waals surface area contributed by atoms with Crippen LogP contribution in [0.15, 0.2) is 36.7 Å². The number of aromatic nitrogens is 1. The van der Waals surface area contributed by atoms with Crippen molar-refractivity contribution >= 4 is 11.6 Å². The fraction of sp³-hybridized carbons (Fsp3) is 0.412. The predicted octanol–water partition coefficient (Wildman–Crippen LogP) is 4.64. The average Bonchev–Trinajstić information content (AvgIpc) is 2.89. The molecule has 0 amide bonds. The van der Waals surface area contributed by atoms with Crippen LogP contribution in [0.1, 0.15) is 37.9 Å². The van der Waals surface area contributed by atoms with E-state index in [9.17, 15) is 4.39 Å². The summed E-state index contributed by atoms with van der Waals surface area (Å²) >= 11 is 6.01. The molecule has 0 spiro atoms. The third-order valence-corrected chi connectivity index (χ3v) is 4.03. The van der Waals surface area contributed by atoms with Crippen LogP contribution in [0.5, 0.6) is 0 Å². The Balaban J connectivity index is 2.18. The highest BCUT2D eigenvalue weighted by molar-refractivity contribution is 6.31. The molecule has 114 valence electrons. The van der Waals surface area contributed by atoms with Crippen molar-refractivity contribution in [1.82, 2.24) is 9.88 Å². The molecular weight excluding hydrogens is 287 g/mol. The molecule has 2 nitrogen and oxygen atoms in total. The van der Waals surface area contributed by atoms with Crippen molar-refractivity contribution in [3.8, 4) is 0 Å². The topological polar surface area (TPSA) is 17.0 Å². The maximum Gasteiger partial charge on any atom is 0.142 e. The molecule has 1 atom stereocenters. The summed E-state index contributed by atoms with van der Waals surface area (Å²) in [5.74, 6) is 0.146. The Morgan fingerprint density at radius 3 is 2.71 bits per heavy atom. The van der Waals surface area contributed by atoms with Crippen molar-refractivity contribution in [2.45, 2.75) is 33.4 Å². The molecule has 0 radical (unpaired) electrons. The minimum atomic E-state index is -0.366. The van der Waals surface area contributed by atoms with E-state index in [0.29, 0.717) is 18.5 Å². The zero-order valence-corrected chi connectivity index (χ0v) is 13.5. The molecular formula is C17H22ClFN2. The van der Waals surface area contributed by atoms with Gasteiger partial charge in [0, 0.05) is 25.0 Å². The van der Waals surface area contributed by atoms with Crippen molar-refractivity contribution in [3.63, 3.8) is 0 Å². The van der Waals surface area contributed by atoms with E-state index in [-0.39, 0.29) is 10.8 Å². The van der Waals surface area contributed by atoms with Crippen LogP contribution in [-0.2, 0) is 6.54 Å². The van der Waals surface area contributed by atoms with Gasteiger partial charge in [-0.2, -0.15) is 0 Å². The Labute approximate surface area is 130 Å². The van der Waals surface area contributed by atoms with Crippen LogP contribution in [0.2, 0.25) is 5.02 Å². The highest BCUT2D eigenvalue weighted by Crippen LogP contribution is 2.24. The van der Waals surface area contributed by atoms with Gasteiger partial charge >= 0.3 is 0 Å². The van der Waals surface area contributed by atoms with Gasteiger partial charge in [0.15, 0.2) is 0 Å². The van der Waals surface area contributed by atoms with Crippen LogP contribution in [-0.4, -0.2) is 11.1 Å². The number of nitrogens with one attached hydrogen (secondary N) is 1. The number of nitrogens with zero attached hydrogens (tertiary/aromatic N) is 1. The molecule has 0 saturated heterocycles. The number of rotatable bonds is 6. The number of hydrogen-bond donors (Lipinski definition) is 1. The Hall–Kier alpha value is -1.32. The van der Waals surface area contributed by atoms with Crippen LogP contribution in [0.4, 0.5) is 4.39 Å². The predicted molar refractivity (Wildman–Crippen MR) is 86.2 cm³/mol. The first-order valence-corrected chi connectivity index (χ1v) is 7.72.